The molecule has 18 heavy (non-hydrogen) atoms. The Labute approximate surface area is 115 Å². The Balaban J connectivity index is 2.09. The summed E-state index contributed by atoms with van der Waals surface area (Å²) in [6, 6.07) is 9.82. The second kappa shape index (κ2) is 5.38. The molecule has 0 spiro atoms. The van der Waals surface area contributed by atoms with Gasteiger partial charge in [0.1, 0.15) is 0 Å². The molecule has 94 valence electrons. The number of anilines is 1. The van der Waals surface area contributed by atoms with Crippen molar-refractivity contribution < 1.29 is 10.2 Å². The third kappa shape index (κ3) is 3.00. The SMILES string of the molecule is Oc1ccc(CNc2ccc(Cl)cc2Cl)cc1O. The molecule has 3 nitrogen and oxygen atoms in total. The average molecular weight is 284 g/mol. The molecule has 3 N–H and O–H groups in total. The summed E-state index contributed by atoms with van der Waals surface area (Å²) in [5, 5.41) is 22.8. The Hall–Kier alpha value is -1.58. The molecule has 0 atom stereocenters. The highest BCUT2D eigenvalue weighted by atomic mass is 35.5. The van der Waals surface area contributed by atoms with E-state index in [-0.39, 0.29) is 11.5 Å². The Morgan fingerprint density at radius 1 is 0.944 bits per heavy atom. The number of halogens is 2. The maximum atomic E-state index is 9.37. The van der Waals surface area contributed by atoms with Crippen LogP contribution in [0.5, 0.6) is 11.5 Å². The minimum absolute atomic E-state index is 0.136. The fourth-order valence-corrected chi connectivity index (χ4v) is 1.98. The first-order valence-electron chi connectivity index (χ1n) is 5.26. The highest BCUT2D eigenvalue weighted by molar-refractivity contribution is 6.36. The first-order chi connectivity index (χ1) is 8.56. The fraction of sp³-hybridized carbons (Fsp3) is 0.0769. The van der Waals surface area contributed by atoms with Gasteiger partial charge in [0, 0.05) is 11.6 Å². The molecule has 0 radical (unpaired) electrons. The zero-order valence-corrected chi connectivity index (χ0v) is 10.8. The molecule has 2 aromatic carbocycles. The number of phenolic OH excluding ortho intramolecular Hbond substituents is 2. The standard InChI is InChI=1S/C13H11Cl2NO2/c14-9-2-3-11(10(15)6-9)16-7-8-1-4-12(17)13(18)5-8/h1-6,16-18H,7H2. The lowest BCUT2D eigenvalue weighted by molar-refractivity contribution is 0.403. The van der Waals surface area contributed by atoms with E-state index in [0.717, 1.165) is 11.3 Å². The van der Waals surface area contributed by atoms with E-state index < -0.39 is 0 Å². The quantitative estimate of drug-likeness (QED) is 0.746. The van der Waals surface area contributed by atoms with Gasteiger partial charge in [-0.3, -0.25) is 0 Å². The van der Waals surface area contributed by atoms with Crippen molar-refractivity contribution in [1.29, 1.82) is 0 Å². The molecule has 0 bridgehead atoms. The normalized spacial score (nSPS) is 10.3. The van der Waals surface area contributed by atoms with Gasteiger partial charge in [-0.05, 0) is 35.9 Å². The van der Waals surface area contributed by atoms with Gasteiger partial charge in [-0.1, -0.05) is 29.3 Å². The highest BCUT2D eigenvalue weighted by Crippen LogP contribution is 2.28. The summed E-state index contributed by atoms with van der Waals surface area (Å²) in [6.45, 7) is 0.481. The van der Waals surface area contributed by atoms with Crippen LogP contribution in [-0.2, 0) is 6.54 Å². The van der Waals surface area contributed by atoms with E-state index in [4.69, 9.17) is 23.2 Å². The number of hydrogen-bond donors (Lipinski definition) is 3. The van der Waals surface area contributed by atoms with E-state index in [0.29, 0.717) is 16.6 Å². The lowest BCUT2D eigenvalue weighted by Gasteiger charge is -2.09. The predicted octanol–water partition coefficient (Wildman–Crippen LogP) is 4.02. The second-order valence-corrected chi connectivity index (χ2v) is 4.64. The predicted molar refractivity (Wildman–Crippen MR) is 73.6 cm³/mol. The van der Waals surface area contributed by atoms with Gasteiger partial charge < -0.3 is 15.5 Å². The van der Waals surface area contributed by atoms with E-state index in [2.05, 4.69) is 5.32 Å². The molecule has 0 aliphatic carbocycles. The number of rotatable bonds is 3. The van der Waals surface area contributed by atoms with E-state index in [1.807, 2.05) is 0 Å². The van der Waals surface area contributed by atoms with Crippen molar-refractivity contribution in [3.63, 3.8) is 0 Å². The highest BCUT2D eigenvalue weighted by Gasteiger charge is 2.03. The summed E-state index contributed by atoms with van der Waals surface area (Å²) >= 11 is 11.8. The van der Waals surface area contributed by atoms with Crippen LogP contribution in [0.1, 0.15) is 5.56 Å². The van der Waals surface area contributed by atoms with Crippen LogP contribution in [0.3, 0.4) is 0 Å². The Morgan fingerprint density at radius 3 is 2.39 bits per heavy atom. The van der Waals surface area contributed by atoms with Gasteiger partial charge in [0.2, 0.25) is 0 Å². The van der Waals surface area contributed by atoms with Gasteiger partial charge in [0.25, 0.3) is 0 Å². The summed E-state index contributed by atoms with van der Waals surface area (Å²) in [4.78, 5) is 0. The molecular weight excluding hydrogens is 273 g/mol. The zero-order valence-electron chi connectivity index (χ0n) is 9.32. The van der Waals surface area contributed by atoms with Crippen molar-refractivity contribution in [1.82, 2.24) is 0 Å². The number of hydrogen-bond acceptors (Lipinski definition) is 3. The van der Waals surface area contributed by atoms with Gasteiger partial charge in [0.05, 0.1) is 10.7 Å². The van der Waals surface area contributed by atoms with Crippen molar-refractivity contribution >= 4 is 28.9 Å². The fourth-order valence-electron chi connectivity index (χ4n) is 1.51. The number of nitrogens with one attached hydrogen (secondary N) is 1. The molecule has 0 unspecified atom stereocenters. The topological polar surface area (TPSA) is 52.5 Å². The molecule has 0 aromatic heterocycles. The Bertz CT molecular complexity index is 573. The molecule has 0 aliphatic rings. The van der Waals surface area contributed by atoms with E-state index in [1.165, 1.54) is 12.1 Å². The molecule has 0 saturated heterocycles. The number of phenols is 2. The average Bonchev–Trinajstić information content (AvgIpc) is 2.32. The van der Waals surface area contributed by atoms with E-state index in [1.54, 1.807) is 24.3 Å². The summed E-state index contributed by atoms with van der Waals surface area (Å²) in [5.74, 6) is -0.278. The summed E-state index contributed by atoms with van der Waals surface area (Å²) in [6.07, 6.45) is 0. The van der Waals surface area contributed by atoms with Gasteiger partial charge >= 0.3 is 0 Å². The number of benzene rings is 2. The van der Waals surface area contributed by atoms with Crippen LogP contribution in [0.25, 0.3) is 0 Å². The number of aromatic hydroxyl groups is 2. The molecule has 2 aromatic rings. The van der Waals surface area contributed by atoms with Crippen LogP contribution in [0.4, 0.5) is 5.69 Å². The first-order valence-corrected chi connectivity index (χ1v) is 6.01. The van der Waals surface area contributed by atoms with Crippen molar-refractivity contribution in [2.24, 2.45) is 0 Å². The van der Waals surface area contributed by atoms with Gasteiger partial charge in [-0.25, -0.2) is 0 Å². The molecule has 2 rings (SSSR count). The van der Waals surface area contributed by atoms with Crippen LogP contribution < -0.4 is 5.32 Å². The summed E-state index contributed by atoms with van der Waals surface area (Å²) in [7, 11) is 0. The van der Waals surface area contributed by atoms with E-state index >= 15 is 0 Å². The van der Waals surface area contributed by atoms with Crippen molar-refractivity contribution in [3.8, 4) is 11.5 Å². The van der Waals surface area contributed by atoms with Crippen LogP contribution >= 0.6 is 23.2 Å². The second-order valence-electron chi connectivity index (χ2n) is 3.80. The summed E-state index contributed by atoms with van der Waals surface area (Å²) in [5.41, 5.74) is 1.59. The van der Waals surface area contributed by atoms with Crippen LogP contribution in [0, 0.1) is 0 Å². The molecule has 0 heterocycles. The van der Waals surface area contributed by atoms with Crippen molar-refractivity contribution in [2.45, 2.75) is 6.54 Å². The van der Waals surface area contributed by atoms with Crippen LogP contribution in [0.2, 0.25) is 10.0 Å². The first kappa shape index (κ1) is 12.9. The molecule has 0 fully saturated rings. The van der Waals surface area contributed by atoms with Gasteiger partial charge in [0.15, 0.2) is 11.5 Å². The van der Waals surface area contributed by atoms with Crippen LogP contribution in [-0.4, -0.2) is 10.2 Å². The Morgan fingerprint density at radius 2 is 1.72 bits per heavy atom. The third-order valence-corrected chi connectivity index (χ3v) is 3.00. The minimum atomic E-state index is -0.142. The molecule has 0 amide bonds. The monoisotopic (exact) mass is 283 g/mol. The maximum Gasteiger partial charge on any atom is 0.157 e. The molecular formula is C13H11Cl2NO2. The molecule has 5 heteroatoms. The summed E-state index contributed by atoms with van der Waals surface area (Å²) < 4.78 is 0. The minimum Gasteiger partial charge on any atom is -0.504 e. The lowest BCUT2D eigenvalue weighted by atomic mass is 10.2. The maximum absolute atomic E-state index is 9.37. The zero-order chi connectivity index (χ0) is 13.1. The lowest BCUT2D eigenvalue weighted by Crippen LogP contribution is -1.99. The smallest absolute Gasteiger partial charge is 0.157 e. The molecule has 0 saturated carbocycles. The van der Waals surface area contributed by atoms with Gasteiger partial charge in [-0.2, -0.15) is 0 Å². The van der Waals surface area contributed by atoms with E-state index in [9.17, 15) is 10.2 Å². The van der Waals surface area contributed by atoms with Crippen molar-refractivity contribution in [2.75, 3.05) is 5.32 Å². The van der Waals surface area contributed by atoms with Crippen LogP contribution in [0.15, 0.2) is 36.4 Å². The largest absolute Gasteiger partial charge is 0.504 e. The van der Waals surface area contributed by atoms with Crippen molar-refractivity contribution in [3.05, 3.63) is 52.0 Å². The Kier molecular flexibility index (Phi) is 3.84. The third-order valence-electron chi connectivity index (χ3n) is 2.45. The molecule has 0 aliphatic heterocycles. The van der Waals surface area contributed by atoms with Gasteiger partial charge in [-0.15, -0.1) is 0 Å².